The summed E-state index contributed by atoms with van der Waals surface area (Å²) in [5.74, 6) is 0. The van der Waals surface area contributed by atoms with E-state index in [0.29, 0.717) is 6.61 Å². The molecule has 0 fully saturated rings. The van der Waals surface area contributed by atoms with Gasteiger partial charge in [-0.25, -0.2) is 0 Å². The first-order valence-electron chi connectivity index (χ1n) is 4.86. The summed E-state index contributed by atoms with van der Waals surface area (Å²) in [4.78, 5) is 12.9. The number of nitrogens with zero attached hydrogens (tertiary/aromatic N) is 1. The minimum absolute atomic E-state index is 0.459. The number of hydrogen-bond acceptors (Lipinski definition) is 4. The minimum Gasteiger partial charge on any atom is -0.337 e. The van der Waals surface area contributed by atoms with E-state index in [2.05, 4.69) is 0 Å². The molecule has 0 saturated heterocycles. The van der Waals surface area contributed by atoms with E-state index in [1.807, 2.05) is 49.3 Å². The Balaban J connectivity index is 2.43. The molecule has 1 N–H and O–H groups in total. The van der Waals surface area contributed by atoms with Gasteiger partial charge in [0.05, 0.1) is 6.61 Å². The minimum atomic E-state index is -2.75. The summed E-state index contributed by atoms with van der Waals surface area (Å²) >= 11 is 6.30. The zero-order chi connectivity index (χ0) is 12.0. The third kappa shape index (κ3) is 5.99. The van der Waals surface area contributed by atoms with Crippen LogP contribution < -0.4 is 0 Å². The summed E-state index contributed by atoms with van der Waals surface area (Å²) in [5, 5.41) is 0. The summed E-state index contributed by atoms with van der Waals surface area (Å²) < 4.78 is 5.35. The van der Waals surface area contributed by atoms with Crippen LogP contribution in [0.15, 0.2) is 35.2 Å². The molecule has 0 radical (unpaired) electrons. The second kappa shape index (κ2) is 6.74. The Kier molecular flexibility index (Phi) is 5.97. The van der Waals surface area contributed by atoms with Gasteiger partial charge >= 0.3 is 0 Å². The average molecular weight is 277 g/mol. The largest absolute Gasteiger partial charge is 0.337 e. The fraction of sp³-hybridized carbons (Fsp3) is 0.400. The molecular formula is C10H16NO2PS2. The molecule has 3 nitrogen and oxygen atoms in total. The van der Waals surface area contributed by atoms with Crippen molar-refractivity contribution in [3.63, 3.8) is 0 Å². The molecule has 1 aromatic carbocycles. The van der Waals surface area contributed by atoms with Gasteiger partial charge in [0.1, 0.15) is 0 Å². The number of rotatable bonds is 6. The highest BCUT2D eigenvalue weighted by atomic mass is 32.9. The first-order chi connectivity index (χ1) is 7.49. The zero-order valence-electron chi connectivity index (χ0n) is 9.37. The van der Waals surface area contributed by atoms with Crippen LogP contribution in [0, 0.1) is 0 Å². The fourth-order valence-corrected chi connectivity index (χ4v) is 4.43. The second-order valence-electron chi connectivity index (χ2n) is 3.51. The van der Waals surface area contributed by atoms with Crippen LogP contribution in [-0.4, -0.2) is 37.0 Å². The average Bonchev–Trinajstić information content (AvgIpc) is 2.17. The molecule has 0 heterocycles. The van der Waals surface area contributed by atoms with Crippen molar-refractivity contribution in [3.05, 3.63) is 30.3 Å². The number of hydrogen-bond donors (Lipinski definition) is 1. The Labute approximate surface area is 106 Å². The Hall–Kier alpha value is 0.100. The van der Waals surface area contributed by atoms with Crippen LogP contribution in [0.2, 0.25) is 0 Å². The van der Waals surface area contributed by atoms with Crippen LogP contribution in [0.5, 0.6) is 0 Å². The summed E-state index contributed by atoms with van der Waals surface area (Å²) in [6.45, 7) is 1.22. The normalized spacial score (nSPS) is 15.0. The van der Waals surface area contributed by atoms with Crippen molar-refractivity contribution in [2.45, 2.75) is 4.90 Å². The summed E-state index contributed by atoms with van der Waals surface area (Å²) in [5.41, 5.74) is -2.75. The van der Waals surface area contributed by atoms with Crippen molar-refractivity contribution >= 4 is 28.9 Å². The molecule has 0 aliphatic heterocycles. The van der Waals surface area contributed by atoms with Crippen molar-refractivity contribution in [1.82, 2.24) is 4.90 Å². The van der Waals surface area contributed by atoms with Crippen molar-refractivity contribution in [2.75, 3.05) is 27.2 Å². The van der Waals surface area contributed by atoms with Crippen LogP contribution in [-0.2, 0) is 16.3 Å². The zero-order valence-corrected chi connectivity index (χ0v) is 11.9. The van der Waals surface area contributed by atoms with E-state index in [0.717, 1.165) is 11.4 Å². The molecule has 0 spiro atoms. The van der Waals surface area contributed by atoms with Crippen molar-refractivity contribution in [1.29, 1.82) is 0 Å². The van der Waals surface area contributed by atoms with Crippen LogP contribution in [0.3, 0.4) is 0 Å². The third-order valence-corrected chi connectivity index (χ3v) is 5.61. The van der Waals surface area contributed by atoms with Gasteiger partial charge in [0.2, 0.25) is 5.69 Å². The molecule has 1 atom stereocenters. The molecule has 0 bridgehead atoms. The quantitative estimate of drug-likeness (QED) is 0.808. The molecule has 1 unspecified atom stereocenters. The number of benzene rings is 1. The van der Waals surface area contributed by atoms with Crippen LogP contribution >= 0.6 is 17.1 Å². The predicted molar refractivity (Wildman–Crippen MR) is 73.3 cm³/mol. The molecule has 1 aromatic rings. The predicted octanol–water partition coefficient (Wildman–Crippen LogP) is 2.57. The molecule has 0 aliphatic rings. The summed E-state index contributed by atoms with van der Waals surface area (Å²) in [6, 6.07) is 9.58. The van der Waals surface area contributed by atoms with E-state index < -0.39 is 5.69 Å². The van der Waals surface area contributed by atoms with Crippen LogP contribution in [0.4, 0.5) is 0 Å². The van der Waals surface area contributed by atoms with E-state index >= 15 is 0 Å². The van der Waals surface area contributed by atoms with Crippen molar-refractivity contribution in [2.24, 2.45) is 0 Å². The van der Waals surface area contributed by atoms with Crippen LogP contribution in [0.25, 0.3) is 0 Å². The highest BCUT2D eigenvalue weighted by molar-refractivity contribution is 8.67. The Morgan fingerprint density at radius 3 is 2.56 bits per heavy atom. The Bertz CT molecular complexity index is 359. The van der Waals surface area contributed by atoms with Gasteiger partial charge in [-0.2, -0.15) is 0 Å². The maximum Gasteiger partial charge on any atom is 0.249 e. The van der Waals surface area contributed by atoms with Crippen molar-refractivity contribution in [3.8, 4) is 0 Å². The fourth-order valence-electron chi connectivity index (χ4n) is 0.980. The summed E-state index contributed by atoms with van der Waals surface area (Å²) in [7, 11) is 3.91. The van der Waals surface area contributed by atoms with Gasteiger partial charge < -0.3 is 14.3 Å². The molecule has 0 amide bonds. The highest BCUT2D eigenvalue weighted by Gasteiger charge is 2.15. The van der Waals surface area contributed by atoms with Gasteiger partial charge in [-0.3, -0.25) is 0 Å². The van der Waals surface area contributed by atoms with E-state index in [1.165, 1.54) is 11.4 Å². The Morgan fingerprint density at radius 1 is 1.38 bits per heavy atom. The molecular weight excluding hydrogens is 261 g/mol. The molecule has 0 aliphatic carbocycles. The van der Waals surface area contributed by atoms with E-state index in [-0.39, 0.29) is 0 Å². The number of likely N-dealkylation sites (N-methyl/N-ethyl adjacent to an activating group) is 1. The highest BCUT2D eigenvalue weighted by Crippen LogP contribution is 2.59. The molecule has 6 heteroatoms. The van der Waals surface area contributed by atoms with E-state index in [1.54, 1.807) is 0 Å². The van der Waals surface area contributed by atoms with Gasteiger partial charge in [0.25, 0.3) is 0 Å². The lowest BCUT2D eigenvalue weighted by atomic mass is 10.4. The first-order valence-corrected chi connectivity index (χ1v) is 8.96. The van der Waals surface area contributed by atoms with E-state index in [9.17, 15) is 4.89 Å². The van der Waals surface area contributed by atoms with Gasteiger partial charge in [-0.05, 0) is 49.4 Å². The maximum absolute atomic E-state index is 9.93. The lowest BCUT2D eigenvalue weighted by Crippen LogP contribution is -2.17. The Morgan fingerprint density at radius 2 is 2.00 bits per heavy atom. The van der Waals surface area contributed by atoms with Gasteiger partial charge in [-0.1, -0.05) is 18.2 Å². The monoisotopic (exact) mass is 277 g/mol. The molecule has 0 aromatic heterocycles. The molecule has 90 valence electrons. The standard InChI is InChI=1S/C10H16NO2PS2/c1-11(2)8-9-13-14(12,15)16-10-6-4-3-5-7-10/h3-7H,8-9H2,1-2H3,(H,12,15). The lowest BCUT2D eigenvalue weighted by molar-refractivity contribution is 0.265. The third-order valence-electron chi connectivity index (χ3n) is 1.76. The molecule has 16 heavy (non-hydrogen) atoms. The first kappa shape index (κ1) is 14.2. The SMILES string of the molecule is CN(C)CCOP(O)(=S)Sc1ccccc1. The lowest BCUT2D eigenvalue weighted by Gasteiger charge is -2.16. The summed E-state index contributed by atoms with van der Waals surface area (Å²) in [6.07, 6.45) is 0. The molecule has 0 saturated carbocycles. The maximum atomic E-state index is 9.93. The van der Waals surface area contributed by atoms with Crippen molar-refractivity contribution < 1.29 is 9.42 Å². The van der Waals surface area contributed by atoms with Gasteiger partial charge in [0.15, 0.2) is 0 Å². The van der Waals surface area contributed by atoms with Gasteiger partial charge in [-0.15, -0.1) is 0 Å². The molecule has 1 rings (SSSR count). The van der Waals surface area contributed by atoms with Gasteiger partial charge in [0, 0.05) is 11.4 Å². The second-order valence-corrected chi connectivity index (χ2v) is 9.57. The van der Waals surface area contributed by atoms with E-state index in [4.69, 9.17) is 16.3 Å². The topological polar surface area (TPSA) is 32.7 Å². The smallest absolute Gasteiger partial charge is 0.249 e. The van der Waals surface area contributed by atoms with Crippen LogP contribution in [0.1, 0.15) is 0 Å².